The zero-order valence-corrected chi connectivity index (χ0v) is 21.6. The van der Waals surface area contributed by atoms with Gasteiger partial charge >= 0.3 is 0 Å². The van der Waals surface area contributed by atoms with Crippen LogP contribution in [0.4, 0.5) is 0 Å². The highest BCUT2D eigenvalue weighted by Crippen LogP contribution is 2.34. The molecule has 0 spiro atoms. The van der Waals surface area contributed by atoms with Gasteiger partial charge in [-0.3, -0.25) is 9.59 Å². The second-order valence-electron chi connectivity index (χ2n) is 10.4. The molecule has 0 radical (unpaired) electrons. The molecule has 2 aromatic carbocycles. The van der Waals surface area contributed by atoms with E-state index in [-0.39, 0.29) is 11.8 Å². The summed E-state index contributed by atoms with van der Waals surface area (Å²) in [6.07, 6.45) is 4.06. The highest BCUT2D eigenvalue weighted by atomic mass is 16.2. The van der Waals surface area contributed by atoms with Crippen molar-refractivity contribution in [2.75, 3.05) is 14.1 Å². The summed E-state index contributed by atoms with van der Waals surface area (Å²) in [6.45, 7) is 7.41. The third-order valence-corrected chi connectivity index (χ3v) is 6.89. The lowest BCUT2D eigenvalue weighted by Gasteiger charge is -2.19. The van der Waals surface area contributed by atoms with Gasteiger partial charge in [0.1, 0.15) is 11.7 Å². The Bertz CT molecular complexity index is 1210. The maximum atomic E-state index is 13.3. The summed E-state index contributed by atoms with van der Waals surface area (Å²) in [5.74, 6) is 0.337. The molecule has 3 aromatic rings. The highest BCUT2D eigenvalue weighted by molar-refractivity contribution is 6.03. The van der Waals surface area contributed by atoms with E-state index in [4.69, 9.17) is 0 Å². The number of aryl methyl sites for hydroxylation is 3. The quantitative estimate of drug-likeness (QED) is 0.396. The minimum Gasteiger partial charge on any atom is -0.350 e. The zero-order chi connectivity index (χ0) is 25.1. The molecule has 1 heterocycles. The van der Waals surface area contributed by atoms with Crippen molar-refractivity contribution in [2.24, 2.45) is 5.92 Å². The van der Waals surface area contributed by atoms with Gasteiger partial charge in [-0.05, 0) is 87.5 Å². The summed E-state index contributed by atoms with van der Waals surface area (Å²) < 4.78 is 0. The molecule has 1 saturated carbocycles. The van der Waals surface area contributed by atoms with Crippen LogP contribution in [0, 0.1) is 26.7 Å². The zero-order valence-electron chi connectivity index (χ0n) is 21.6. The van der Waals surface area contributed by atoms with Gasteiger partial charge in [-0.25, -0.2) is 0 Å². The van der Waals surface area contributed by atoms with E-state index in [1.54, 1.807) is 0 Å². The fourth-order valence-corrected chi connectivity index (χ4v) is 4.89. The first-order valence-electron chi connectivity index (χ1n) is 12.6. The van der Waals surface area contributed by atoms with Gasteiger partial charge in [-0.2, -0.15) is 0 Å². The van der Waals surface area contributed by atoms with Crippen molar-refractivity contribution < 1.29 is 9.59 Å². The Kier molecular flexibility index (Phi) is 7.60. The van der Waals surface area contributed by atoms with E-state index in [2.05, 4.69) is 70.8 Å². The number of aromatic amines is 1. The molecule has 1 atom stereocenters. The summed E-state index contributed by atoms with van der Waals surface area (Å²) >= 11 is 0. The summed E-state index contributed by atoms with van der Waals surface area (Å²) in [5.41, 5.74) is 7.00. The van der Waals surface area contributed by atoms with Crippen LogP contribution in [0.2, 0.25) is 0 Å². The second-order valence-corrected chi connectivity index (χ2v) is 10.4. The summed E-state index contributed by atoms with van der Waals surface area (Å²) in [7, 11) is 4.09. The van der Waals surface area contributed by atoms with Crippen LogP contribution in [0.25, 0.3) is 10.9 Å². The number of benzene rings is 2. The van der Waals surface area contributed by atoms with Gasteiger partial charge in [0.2, 0.25) is 5.91 Å². The normalized spacial score (nSPS) is 14.3. The van der Waals surface area contributed by atoms with E-state index in [0.717, 1.165) is 46.1 Å². The van der Waals surface area contributed by atoms with Crippen molar-refractivity contribution >= 4 is 22.7 Å². The molecule has 4 rings (SSSR count). The van der Waals surface area contributed by atoms with Crippen molar-refractivity contribution in [2.45, 2.75) is 65.6 Å². The Morgan fingerprint density at radius 2 is 1.74 bits per heavy atom. The van der Waals surface area contributed by atoms with Crippen LogP contribution in [-0.4, -0.2) is 41.8 Å². The number of carbonyl (C=O) groups is 2. The van der Waals surface area contributed by atoms with Gasteiger partial charge in [0.25, 0.3) is 5.91 Å². The lowest BCUT2D eigenvalue weighted by Crippen LogP contribution is -2.46. The third kappa shape index (κ3) is 6.31. The van der Waals surface area contributed by atoms with Crippen molar-refractivity contribution in [1.29, 1.82) is 0 Å². The predicted octanol–water partition coefficient (Wildman–Crippen LogP) is 4.76. The van der Waals surface area contributed by atoms with Crippen LogP contribution in [0.15, 0.2) is 36.4 Å². The average Bonchev–Trinajstić information content (AvgIpc) is 3.57. The lowest BCUT2D eigenvalue weighted by atomic mass is 10.0. The lowest BCUT2D eigenvalue weighted by molar-refractivity contribution is -0.123. The second kappa shape index (κ2) is 10.6. The first-order chi connectivity index (χ1) is 16.7. The molecule has 0 saturated heterocycles. The van der Waals surface area contributed by atoms with Crippen molar-refractivity contribution in [3.05, 3.63) is 69.9 Å². The van der Waals surface area contributed by atoms with E-state index in [1.807, 2.05) is 21.0 Å². The molecule has 1 aliphatic rings. The van der Waals surface area contributed by atoms with E-state index in [0.29, 0.717) is 24.6 Å². The highest BCUT2D eigenvalue weighted by Gasteiger charge is 2.28. The molecule has 1 unspecified atom stereocenters. The molecular weight excluding hydrogens is 436 g/mol. The topological polar surface area (TPSA) is 77.2 Å². The number of fused-ring (bicyclic) bond motifs is 1. The van der Waals surface area contributed by atoms with Crippen LogP contribution in [-0.2, 0) is 17.9 Å². The maximum absolute atomic E-state index is 13.3. The Labute approximate surface area is 208 Å². The van der Waals surface area contributed by atoms with Gasteiger partial charge in [0.05, 0.1) is 0 Å². The number of hydrogen-bond acceptors (Lipinski definition) is 3. The van der Waals surface area contributed by atoms with Gasteiger partial charge in [0.15, 0.2) is 0 Å². The van der Waals surface area contributed by atoms with Crippen molar-refractivity contribution in [3.63, 3.8) is 0 Å². The summed E-state index contributed by atoms with van der Waals surface area (Å²) in [5, 5.41) is 7.16. The summed E-state index contributed by atoms with van der Waals surface area (Å²) in [6, 6.07) is 11.9. The number of aromatic nitrogens is 1. The minimum atomic E-state index is -0.551. The van der Waals surface area contributed by atoms with E-state index in [1.165, 1.54) is 18.4 Å². The molecule has 186 valence electrons. The van der Waals surface area contributed by atoms with Gasteiger partial charge in [0, 0.05) is 24.0 Å². The van der Waals surface area contributed by atoms with E-state index >= 15 is 0 Å². The van der Waals surface area contributed by atoms with Crippen LogP contribution < -0.4 is 10.6 Å². The predicted molar refractivity (Wildman–Crippen MR) is 141 cm³/mol. The number of nitrogens with one attached hydrogen (secondary N) is 3. The number of hydrogen-bond donors (Lipinski definition) is 3. The fourth-order valence-electron chi connectivity index (χ4n) is 4.89. The van der Waals surface area contributed by atoms with Crippen LogP contribution in [0.5, 0.6) is 0 Å². The Hall–Kier alpha value is -3.12. The Morgan fingerprint density at radius 3 is 2.40 bits per heavy atom. The molecule has 0 bridgehead atoms. The molecule has 2 amide bonds. The van der Waals surface area contributed by atoms with Crippen molar-refractivity contribution in [1.82, 2.24) is 20.5 Å². The molecule has 0 aliphatic heterocycles. The molecule has 6 nitrogen and oxygen atoms in total. The molecule has 1 aromatic heterocycles. The molecule has 35 heavy (non-hydrogen) atoms. The number of H-pyrrole nitrogens is 1. The first-order valence-corrected chi connectivity index (χ1v) is 12.6. The van der Waals surface area contributed by atoms with Crippen molar-refractivity contribution in [3.8, 4) is 0 Å². The van der Waals surface area contributed by atoms with Crippen LogP contribution >= 0.6 is 0 Å². The monoisotopic (exact) mass is 474 g/mol. The van der Waals surface area contributed by atoms with Gasteiger partial charge < -0.3 is 20.5 Å². The van der Waals surface area contributed by atoms with Crippen LogP contribution in [0.1, 0.15) is 64.0 Å². The van der Waals surface area contributed by atoms with Crippen LogP contribution in [0.3, 0.4) is 0 Å². The number of nitrogens with zero attached hydrogens (tertiary/aromatic N) is 1. The average molecular weight is 475 g/mol. The number of carbonyl (C=O) groups excluding carboxylic acids is 2. The number of amides is 2. The molecule has 1 aliphatic carbocycles. The molecule has 6 heteroatoms. The number of rotatable bonds is 10. The first kappa shape index (κ1) is 25.0. The Morgan fingerprint density at radius 1 is 1.06 bits per heavy atom. The Balaban J connectivity index is 1.44. The fraction of sp³-hybridized carbons (Fsp3) is 0.448. The largest absolute Gasteiger partial charge is 0.350 e. The van der Waals surface area contributed by atoms with Gasteiger partial charge in [-0.1, -0.05) is 43.2 Å². The third-order valence-electron chi connectivity index (χ3n) is 6.89. The SMILES string of the molecule is Cc1cc(C)c2c(C)c(C(=O)NC(CCC3CC3)C(=O)NCc3ccc(CN(C)C)cc3)[nH]c2c1. The van der Waals surface area contributed by atoms with Gasteiger partial charge in [-0.15, -0.1) is 0 Å². The van der Waals surface area contributed by atoms with E-state index < -0.39 is 6.04 Å². The smallest absolute Gasteiger partial charge is 0.268 e. The summed E-state index contributed by atoms with van der Waals surface area (Å²) in [4.78, 5) is 31.8. The van der Waals surface area contributed by atoms with E-state index in [9.17, 15) is 9.59 Å². The minimum absolute atomic E-state index is 0.128. The standard InChI is InChI=1S/C29H38N4O2/c1-18-14-19(2)26-20(3)27(31-25(26)15-18)29(35)32-24(13-12-21-6-7-21)28(34)30-16-22-8-10-23(11-9-22)17-33(4)5/h8-11,14-15,21,24,31H,6-7,12-13,16-17H2,1-5H3,(H,30,34)(H,32,35). The maximum Gasteiger partial charge on any atom is 0.268 e. The molecular formula is C29H38N4O2. The molecule has 3 N–H and O–H groups in total. The molecule has 1 fully saturated rings.